The minimum Gasteiger partial charge on any atom is -0.323 e. The van der Waals surface area contributed by atoms with Crippen molar-refractivity contribution in [1.82, 2.24) is 0 Å². The SMILES string of the molecule is O=C(/C=C/c1ccccc1F)Nc1ccc(NC(=O)Nc2ccccc2)cc1. The number of anilines is 3. The average molecular weight is 375 g/mol. The van der Waals surface area contributed by atoms with Crippen LogP contribution in [0.3, 0.4) is 0 Å². The first-order valence-corrected chi connectivity index (χ1v) is 8.57. The van der Waals surface area contributed by atoms with Crippen LogP contribution in [-0.2, 0) is 4.79 Å². The predicted octanol–water partition coefficient (Wildman–Crippen LogP) is 5.12. The van der Waals surface area contributed by atoms with Crippen LogP contribution in [0.1, 0.15) is 5.56 Å². The number of carbonyl (C=O) groups excluding carboxylic acids is 2. The molecule has 0 spiro atoms. The lowest BCUT2D eigenvalue weighted by molar-refractivity contribution is -0.111. The fourth-order valence-corrected chi connectivity index (χ4v) is 2.41. The number of halogens is 1. The standard InChI is InChI=1S/C22H18FN3O2/c23-20-9-5-4-6-16(20)10-15-21(27)24-18-11-13-19(14-12-18)26-22(28)25-17-7-2-1-3-8-17/h1-15H,(H,24,27)(H2,25,26,28)/b15-10+. The van der Waals surface area contributed by atoms with E-state index < -0.39 is 5.82 Å². The van der Waals surface area contributed by atoms with E-state index in [0.29, 0.717) is 22.6 Å². The highest BCUT2D eigenvalue weighted by Gasteiger charge is 2.04. The lowest BCUT2D eigenvalue weighted by atomic mass is 10.2. The van der Waals surface area contributed by atoms with E-state index in [-0.39, 0.29) is 11.9 Å². The van der Waals surface area contributed by atoms with Gasteiger partial charge in [0.2, 0.25) is 5.91 Å². The van der Waals surface area contributed by atoms with Gasteiger partial charge in [0, 0.05) is 28.7 Å². The molecule has 0 aliphatic heterocycles. The lowest BCUT2D eigenvalue weighted by Gasteiger charge is -2.08. The first kappa shape index (κ1) is 18.8. The van der Waals surface area contributed by atoms with Crippen LogP contribution in [0.25, 0.3) is 6.08 Å². The Bertz CT molecular complexity index is 986. The quantitative estimate of drug-likeness (QED) is 0.542. The second-order valence-electron chi connectivity index (χ2n) is 5.87. The van der Waals surface area contributed by atoms with E-state index >= 15 is 0 Å². The number of hydrogen-bond donors (Lipinski definition) is 3. The van der Waals surface area contributed by atoms with Crippen molar-refractivity contribution in [2.75, 3.05) is 16.0 Å². The molecule has 3 aromatic carbocycles. The van der Waals surface area contributed by atoms with Gasteiger partial charge in [-0.1, -0.05) is 36.4 Å². The molecule has 28 heavy (non-hydrogen) atoms. The number of urea groups is 1. The Hall–Kier alpha value is -3.93. The molecule has 3 N–H and O–H groups in total. The molecule has 0 saturated heterocycles. The molecule has 0 atom stereocenters. The number of para-hydroxylation sites is 1. The fourth-order valence-electron chi connectivity index (χ4n) is 2.41. The summed E-state index contributed by atoms with van der Waals surface area (Å²) in [6.07, 6.45) is 2.67. The van der Waals surface area contributed by atoms with Gasteiger partial charge >= 0.3 is 6.03 Å². The molecule has 0 saturated carbocycles. The summed E-state index contributed by atoms with van der Waals surface area (Å²) in [5.41, 5.74) is 2.15. The van der Waals surface area contributed by atoms with Gasteiger partial charge in [0.05, 0.1) is 0 Å². The normalized spacial score (nSPS) is 10.5. The highest BCUT2D eigenvalue weighted by molar-refractivity contribution is 6.02. The Morgan fingerprint density at radius 2 is 1.21 bits per heavy atom. The van der Waals surface area contributed by atoms with Crippen molar-refractivity contribution < 1.29 is 14.0 Å². The number of hydrogen-bond acceptors (Lipinski definition) is 2. The first-order valence-electron chi connectivity index (χ1n) is 8.57. The maximum absolute atomic E-state index is 13.5. The molecular weight excluding hydrogens is 357 g/mol. The Labute approximate surface area is 161 Å². The number of rotatable bonds is 5. The van der Waals surface area contributed by atoms with Gasteiger partial charge in [-0.25, -0.2) is 9.18 Å². The van der Waals surface area contributed by atoms with Gasteiger partial charge < -0.3 is 16.0 Å². The van der Waals surface area contributed by atoms with Gasteiger partial charge in [-0.05, 0) is 48.5 Å². The number of carbonyl (C=O) groups is 2. The van der Waals surface area contributed by atoms with Crippen molar-refractivity contribution in [3.63, 3.8) is 0 Å². The van der Waals surface area contributed by atoms with Crippen LogP contribution in [0.2, 0.25) is 0 Å². The minimum absolute atomic E-state index is 0.335. The Morgan fingerprint density at radius 1 is 0.679 bits per heavy atom. The second kappa shape index (κ2) is 9.14. The monoisotopic (exact) mass is 375 g/mol. The van der Waals surface area contributed by atoms with Crippen LogP contribution in [0.4, 0.5) is 26.2 Å². The summed E-state index contributed by atoms with van der Waals surface area (Å²) >= 11 is 0. The third-order valence-electron chi connectivity index (χ3n) is 3.76. The van der Waals surface area contributed by atoms with Crippen molar-refractivity contribution >= 4 is 35.1 Å². The molecule has 0 bridgehead atoms. The van der Waals surface area contributed by atoms with Crippen molar-refractivity contribution in [3.8, 4) is 0 Å². The molecule has 0 aromatic heterocycles. The Kier molecular flexibility index (Phi) is 6.15. The number of nitrogens with one attached hydrogen (secondary N) is 3. The molecule has 0 radical (unpaired) electrons. The molecule has 6 heteroatoms. The maximum Gasteiger partial charge on any atom is 0.323 e. The molecule has 5 nitrogen and oxygen atoms in total. The summed E-state index contributed by atoms with van der Waals surface area (Å²) in [6, 6.07) is 21.6. The van der Waals surface area contributed by atoms with E-state index in [1.54, 1.807) is 54.6 Å². The third-order valence-corrected chi connectivity index (χ3v) is 3.76. The highest BCUT2D eigenvalue weighted by atomic mass is 19.1. The van der Waals surface area contributed by atoms with Gasteiger partial charge in [-0.3, -0.25) is 4.79 Å². The van der Waals surface area contributed by atoms with E-state index in [1.807, 2.05) is 18.2 Å². The summed E-state index contributed by atoms with van der Waals surface area (Å²) in [5.74, 6) is -0.776. The molecule has 140 valence electrons. The van der Waals surface area contributed by atoms with Crippen LogP contribution >= 0.6 is 0 Å². The molecule has 0 heterocycles. The second-order valence-corrected chi connectivity index (χ2v) is 5.87. The highest BCUT2D eigenvalue weighted by Crippen LogP contribution is 2.15. The topological polar surface area (TPSA) is 70.2 Å². The van der Waals surface area contributed by atoms with E-state index in [9.17, 15) is 14.0 Å². The summed E-state index contributed by atoms with van der Waals surface area (Å²) in [5, 5.41) is 8.10. The maximum atomic E-state index is 13.5. The van der Waals surface area contributed by atoms with Crippen LogP contribution in [0, 0.1) is 5.82 Å². The smallest absolute Gasteiger partial charge is 0.323 e. The number of amides is 3. The largest absolute Gasteiger partial charge is 0.323 e. The van der Waals surface area contributed by atoms with Crippen LogP contribution in [0.15, 0.2) is 84.9 Å². The van der Waals surface area contributed by atoms with Crippen LogP contribution < -0.4 is 16.0 Å². The van der Waals surface area contributed by atoms with E-state index in [0.717, 1.165) is 0 Å². The van der Waals surface area contributed by atoms with E-state index in [4.69, 9.17) is 0 Å². The molecule has 3 amide bonds. The molecule has 0 fully saturated rings. The molecular formula is C22H18FN3O2. The zero-order valence-corrected chi connectivity index (χ0v) is 14.9. The first-order chi connectivity index (χ1) is 13.6. The van der Waals surface area contributed by atoms with Gasteiger partial charge in [0.15, 0.2) is 0 Å². The zero-order chi connectivity index (χ0) is 19.8. The van der Waals surface area contributed by atoms with E-state index in [1.165, 1.54) is 18.2 Å². The van der Waals surface area contributed by atoms with Crippen LogP contribution in [-0.4, -0.2) is 11.9 Å². The van der Waals surface area contributed by atoms with Crippen LogP contribution in [0.5, 0.6) is 0 Å². The third kappa shape index (κ3) is 5.54. The van der Waals surface area contributed by atoms with E-state index in [2.05, 4.69) is 16.0 Å². The van der Waals surface area contributed by atoms with Crippen molar-refractivity contribution in [2.45, 2.75) is 0 Å². The van der Waals surface area contributed by atoms with Crippen molar-refractivity contribution in [3.05, 3.63) is 96.3 Å². The lowest BCUT2D eigenvalue weighted by Crippen LogP contribution is -2.19. The summed E-state index contributed by atoms with van der Waals surface area (Å²) in [6.45, 7) is 0. The zero-order valence-electron chi connectivity index (χ0n) is 14.9. The van der Waals surface area contributed by atoms with Gasteiger partial charge in [-0.15, -0.1) is 0 Å². The van der Waals surface area contributed by atoms with Crippen molar-refractivity contribution in [2.24, 2.45) is 0 Å². The predicted molar refractivity (Wildman–Crippen MR) is 110 cm³/mol. The Balaban J connectivity index is 1.53. The van der Waals surface area contributed by atoms with Gasteiger partial charge in [-0.2, -0.15) is 0 Å². The molecule has 3 aromatic rings. The molecule has 0 unspecified atom stereocenters. The van der Waals surface area contributed by atoms with Gasteiger partial charge in [0.25, 0.3) is 0 Å². The average Bonchev–Trinajstić information content (AvgIpc) is 2.69. The molecule has 0 aliphatic carbocycles. The number of benzene rings is 3. The summed E-state index contributed by atoms with van der Waals surface area (Å²) < 4.78 is 13.5. The summed E-state index contributed by atoms with van der Waals surface area (Å²) in [4.78, 5) is 23.9. The minimum atomic E-state index is -0.393. The van der Waals surface area contributed by atoms with Gasteiger partial charge in [0.1, 0.15) is 5.82 Å². The summed E-state index contributed by atoms with van der Waals surface area (Å²) in [7, 11) is 0. The molecule has 3 rings (SSSR count). The fraction of sp³-hybridized carbons (Fsp3) is 0. The Morgan fingerprint density at radius 3 is 1.86 bits per heavy atom. The van der Waals surface area contributed by atoms with Crippen molar-refractivity contribution in [1.29, 1.82) is 0 Å². The molecule has 0 aliphatic rings.